The van der Waals surface area contributed by atoms with Crippen molar-refractivity contribution >= 4 is 27.5 Å². The van der Waals surface area contributed by atoms with Crippen LogP contribution < -0.4 is 5.32 Å². The Bertz CT molecular complexity index is 538. The first-order valence-corrected chi connectivity index (χ1v) is 6.97. The van der Waals surface area contributed by atoms with E-state index in [0.717, 1.165) is 33.1 Å². The Balaban J connectivity index is 2.01. The summed E-state index contributed by atoms with van der Waals surface area (Å²) in [6.07, 6.45) is 0. The van der Waals surface area contributed by atoms with Crippen LogP contribution in [0.25, 0.3) is 0 Å². The lowest BCUT2D eigenvalue weighted by Gasteiger charge is -2.12. The van der Waals surface area contributed by atoms with Gasteiger partial charge >= 0.3 is 0 Å². The topological polar surface area (TPSA) is 25.2 Å². The number of hydrogen-bond acceptors (Lipinski definition) is 2. The van der Waals surface area contributed by atoms with E-state index in [1.54, 1.807) is 0 Å². The molecule has 18 heavy (non-hydrogen) atoms. The third-order valence-corrected chi connectivity index (χ3v) is 3.80. The second-order valence-corrected chi connectivity index (χ2v) is 5.58. The Hall–Kier alpha value is -0.770. The minimum atomic E-state index is 0.171. The first-order valence-electron chi connectivity index (χ1n) is 5.80. The van der Waals surface area contributed by atoms with E-state index >= 15 is 0 Å². The molecule has 1 heterocycles. The summed E-state index contributed by atoms with van der Waals surface area (Å²) >= 11 is 9.50. The molecule has 0 aliphatic heterocycles. The predicted molar refractivity (Wildman–Crippen MR) is 77.9 cm³/mol. The first kappa shape index (κ1) is 13.7. The molecule has 0 spiro atoms. The lowest BCUT2D eigenvalue weighted by atomic mass is 10.2. The molecule has 0 saturated heterocycles. The molecule has 1 N–H and O–H groups in total. The van der Waals surface area contributed by atoms with Crippen LogP contribution in [0.2, 0.25) is 5.02 Å². The molecule has 0 bridgehead atoms. The zero-order valence-electron chi connectivity index (χ0n) is 10.3. The second kappa shape index (κ2) is 5.91. The highest BCUT2D eigenvalue weighted by Crippen LogP contribution is 2.22. The molecule has 2 rings (SSSR count). The number of furan rings is 1. The predicted octanol–water partition coefficient (Wildman–Crippen LogP) is 4.85. The molecule has 0 aliphatic rings. The molecule has 1 atom stereocenters. The van der Waals surface area contributed by atoms with Crippen LogP contribution in [-0.2, 0) is 6.54 Å². The number of halogens is 2. The Kier molecular flexibility index (Phi) is 4.49. The molecular weight excluding hydrogens is 314 g/mol. The van der Waals surface area contributed by atoms with Crippen LogP contribution in [0.3, 0.4) is 0 Å². The Morgan fingerprint density at radius 2 is 2.11 bits per heavy atom. The van der Waals surface area contributed by atoms with Crippen molar-refractivity contribution in [2.45, 2.75) is 26.4 Å². The fraction of sp³-hybridized carbons (Fsp3) is 0.286. The van der Waals surface area contributed by atoms with E-state index in [1.807, 2.05) is 37.3 Å². The van der Waals surface area contributed by atoms with E-state index in [4.69, 9.17) is 16.0 Å². The van der Waals surface area contributed by atoms with Crippen LogP contribution in [0.4, 0.5) is 0 Å². The summed E-state index contributed by atoms with van der Waals surface area (Å²) < 4.78 is 6.65. The van der Waals surface area contributed by atoms with Crippen LogP contribution in [0.15, 0.2) is 39.2 Å². The van der Waals surface area contributed by atoms with Gasteiger partial charge in [0.1, 0.15) is 11.5 Å². The van der Waals surface area contributed by atoms with Crippen molar-refractivity contribution in [3.63, 3.8) is 0 Å². The molecular formula is C14H15BrClNO. The average molecular weight is 329 g/mol. The SMILES string of the molecule is Cc1ccc(C(C)NCc2cc(Cl)ccc2Br)o1. The van der Waals surface area contributed by atoms with Crippen molar-refractivity contribution < 1.29 is 4.42 Å². The largest absolute Gasteiger partial charge is 0.465 e. The maximum Gasteiger partial charge on any atom is 0.120 e. The quantitative estimate of drug-likeness (QED) is 0.867. The fourth-order valence-corrected chi connectivity index (χ4v) is 2.31. The highest BCUT2D eigenvalue weighted by molar-refractivity contribution is 9.10. The van der Waals surface area contributed by atoms with Gasteiger partial charge in [0, 0.05) is 16.0 Å². The summed E-state index contributed by atoms with van der Waals surface area (Å²) in [6, 6.07) is 9.93. The second-order valence-electron chi connectivity index (χ2n) is 4.29. The van der Waals surface area contributed by atoms with Gasteiger partial charge in [0.2, 0.25) is 0 Å². The van der Waals surface area contributed by atoms with Crippen molar-refractivity contribution in [2.24, 2.45) is 0 Å². The highest BCUT2D eigenvalue weighted by Gasteiger charge is 2.09. The molecule has 2 nitrogen and oxygen atoms in total. The lowest BCUT2D eigenvalue weighted by molar-refractivity contribution is 0.415. The Morgan fingerprint density at radius 3 is 2.78 bits per heavy atom. The van der Waals surface area contributed by atoms with Gasteiger partial charge in [-0.15, -0.1) is 0 Å². The molecule has 1 aromatic carbocycles. The molecule has 0 aliphatic carbocycles. The molecule has 0 saturated carbocycles. The number of nitrogens with one attached hydrogen (secondary N) is 1. The van der Waals surface area contributed by atoms with E-state index in [-0.39, 0.29) is 6.04 Å². The zero-order chi connectivity index (χ0) is 13.1. The van der Waals surface area contributed by atoms with Crippen LogP contribution in [0.1, 0.15) is 30.0 Å². The smallest absolute Gasteiger partial charge is 0.120 e. The summed E-state index contributed by atoms with van der Waals surface area (Å²) in [5.74, 6) is 1.88. The average Bonchev–Trinajstić information content (AvgIpc) is 2.77. The number of rotatable bonds is 4. The Labute approximate surface area is 120 Å². The van der Waals surface area contributed by atoms with Crippen LogP contribution in [0.5, 0.6) is 0 Å². The fourth-order valence-electron chi connectivity index (χ4n) is 1.73. The molecule has 0 amide bonds. The number of hydrogen-bond donors (Lipinski definition) is 1. The normalized spacial score (nSPS) is 12.7. The van der Waals surface area contributed by atoms with E-state index in [0.29, 0.717) is 0 Å². The summed E-state index contributed by atoms with van der Waals surface area (Å²) in [4.78, 5) is 0. The summed E-state index contributed by atoms with van der Waals surface area (Å²) in [6.45, 7) is 4.77. The van der Waals surface area contributed by atoms with Gasteiger partial charge in [0.05, 0.1) is 6.04 Å². The van der Waals surface area contributed by atoms with E-state index < -0.39 is 0 Å². The van der Waals surface area contributed by atoms with Crippen LogP contribution >= 0.6 is 27.5 Å². The maximum atomic E-state index is 5.99. The molecule has 0 radical (unpaired) electrons. The van der Waals surface area contributed by atoms with Crippen molar-refractivity contribution in [1.29, 1.82) is 0 Å². The first-order chi connectivity index (χ1) is 8.56. The molecule has 2 aromatic rings. The molecule has 4 heteroatoms. The van der Waals surface area contributed by atoms with Gasteiger partial charge in [-0.3, -0.25) is 0 Å². The molecule has 1 unspecified atom stereocenters. The number of aryl methyl sites for hydroxylation is 1. The number of benzene rings is 1. The maximum absolute atomic E-state index is 5.99. The molecule has 0 fully saturated rings. The zero-order valence-corrected chi connectivity index (χ0v) is 12.7. The summed E-state index contributed by atoms with van der Waals surface area (Å²) in [7, 11) is 0. The monoisotopic (exact) mass is 327 g/mol. The van der Waals surface area contributed by atoms with Crippen LogP contribution in [0, 0.1) is 6.92 Å². The van der Waals surface area contributed by atoms with Crippen molar-refractivity contribution in [3.05, 3.63) is 56.9 Å². The van der Waals surface area contributed by atoms with Gasteiger partial charge in [-0.2, -0.15) is 0 Å². The van der Waals surface area contributed by atoms with Gasteiger partial charge in [-0.25, -0.2) is 0 Å². The molecule has 1 aromatic heterocycles. The van der Waals surface area contributed by atoms with Crippen molar-refractivity contribution in [1.82, 2.24) is 5.32 Å². The lowest BCUT2D eigenvalue weighted by Crippen LogP contribution is -2.17. The van der Waals surface area contributed by atoms with E-state index in [9.17, 15) is 0 Å². The van der Waals surface area contributed by atoms with E-state index in [1.165, 1.54) is 0 Å². The van der Waals surface area contributed by atoms with Crippen molar-refractivity contribution in [2.75, 3.05) is 0 Å². The van der Waals surface area contributed by atoms with Gasteiger partial charge < -0.3 is 9.73 Å². The van der Waals surface area contributed by atoms with E-state index in [2.05, 4.69) is 28.2 Å². The highest BCUT2D eigenvalue weighted by atomic mass is 79.9. The van der Waals surface area contributed by atoms with Crippen LogP contribution in [-0.4, -0.2) is 0 Å². The summed E-state index contributed by atoms with van der Waals surface area (Å²) in [5, 5.41) is 4.16. The van der Waals surface area contributed by atoms with Gasteiger partial charge in [0.25, 0.3) is 0 Å². The molecule has 96 valence electrons. The van der Waals surface area contributed by atoms with Gasteiger partial charge in [-0.1, -0.05) is 27.5 Å². The van der Waals surface area contributed by atoms with Crippen molar-refractivity contribution in [3.8, 4) is 0 Å². The third kappa shape index (κ3) is 3.37. The van der Waals surface area contributed by atoms with Gasteiger partial charge in [-0.05, 0) is 49.7 Å². The summed E-state index contributed by atoms with van der Waals surface area (Å²) in [5.41, 5.74) is 1.14. The standard InChI is InChI=1S/C14H15BrClNO/c1-9-3-6-14(18-9)10(2)17-8-11-7-12(16)4-5-13(11)15/h3-7,10,17H,8H2,1-2H3. The minimum Gasteiger partial charge on any atom is -0.465 e. The minimum absolute atomic E-state index is 0.171. The van der Waals surface area contributed by atoms with Gasteiger partial charge in [0.15, 0.2) is 0 Å². The Morgan fingerprint density at radius 1 is 1.33 bits per heavy atom. The third-order valence-electron chi connectivity index (χ3n) is 2.79.